The van der Waals surface area contributed by atoms with Crippen molar-refractivity contribution < 1.29 is 0 Å². The van der Waals surface area contributed by atoms with Crippen molar-refractivity contribution in [3.8, 4) is 0 Å². The van der Waals surface area contributed by atoms with Crippen molar-refractivity contribution in [2.45, 2.75) is 40.7 Å². The highest BCUT2D eigenvalue weighted by Crippen LogP contribution is 2.12. The number of nitrogens with zero attached hydrogens (tertiary/aromatic N) is 3. The Morgan fingerprint density at radius 1 is 1.05 bits per heavy atom. The lowest BCUT2D eigenvalue weighted by Crippen LogP contribution is -2.21. The molecule has 0 aliphatic rings. The molecule has 0 saturated carbocycles. The Kier molecular flexibility index (Phi) is 5.39. The Labute approximate surface area is 127 Å². The van der Waals surface area contributed by atoms with Crippen molar-refractivity contribution in [3.05, 3.63) is 52.9 Å². The average molecular weight is 284 g/mol. The van der Waals surface area contributed by atoms with E-state index >= 15 is 0 Å². The SMILES string of the molecule is Cc1nc(Cc2ccncc2)nc(C)c1CNCC(C)C. The second-order valence-corrected chi connectivity index (χ2v) is 5.85. The molecule has 4 nitrogen and oxygen atoms in total. The molecule has 0 fully saturated rings. The van der Waals surface area contributed by atoms with Crippen LogP contribution in [0.3, 0.4) is 0 Å². The first-order valence-corrected chi connectivity index (χ1v) is 7.49. The zero-order chi connectivity index (χ0) is 15.2. The molecule has 0 spiro atoms. The number of hydrogen-bond acceptors (Lipinski definition) is 4. The highest BCUT2D eigenvalue weighted by atomic mass is 14.9. The van der Waals surface area contributed by atoms with Crippen LogP contribution in [-0.2, 0) is 13.0 Å². The van der Waals surface area contributed by atoms with Crippen LogP contribution in [0, 0.1) is 19.8 Å². The molecule has 0 radical (unpaired) electrons. The fraction of sp³-hybridized carbons (Fsp3) is 0.471. The summed E-state index contributed by atoms with van der Waals surface area (Å²) in [6.45, 7) is 10.4. The van der Waals surface area contributed by atoms with Gasteiger partial charge in [0.2, 0.25) is 0 Å². The predicted octanol–water partition coefficient (Wildman–Crippen LogP) is 2.82. The Morgan fingerprint density at radius 2 is 1.67 bits per heavy atom. The number of rotatable bonds is 6. The molecule has 112 valence electrons. The molecule has 0 bridgehead atoms. The van der Waals surface area contributed by atoms with Crippen LogP contribution in [0.15, 0.2) is 24.5 Å². The largest absolute Gasteiger partial charge is 0.312 e. The third-order valence-electron chi connectivity index (χ3n) is 3.43. The van der Waals surface area contributed by atoms with E-state index < -0.39 is 0 Å². The normalized spacial score (nSPS) is 11.1. The van der Waals surface area contributed by atoms with Crippen molar-refractivity contribution in [2.75, 3.05) is 6.54 Å². The predicted molar refractivity (Wildman–Crippen MR) is 85.1 cm³/mol. The fourth-order valence-corrected chi connectivity index (χ4v) is 2.31. The molecule has 0 aliphatic heterocycles. The van der Waals surface area contributed by atoms with Gasteiger partial charge in [0.05, 0.1) is 0 Å². The number of pyridine rings is 1. The molecule has 0 amide bonds. The average Bonchev–Trinajstić information content (AvgIpc) is 2.42. The molecule has 0 saturated heterocycles. The van der Waals surface area contributed by atoms with Gasteiger partial charge in [-0.3, -0.25) is 4.98 Å². The van der Waals surface area contributed by atoms with Crippen molar-refractivity contribution in [2.24, 2.45) is 5.92 Å². The molecule has 0 unspecified atom stereocenters. The Morgan fingerprint density at radius 3 is 2.24 bits per heavy atom. The Hall–Kier alpha value is -1.81. The summed E-state index contributed by atoms with van der Waals surface area (Å²) in [6.07, 6.45) is 4.36. The molecule has 1 N–H and O–H groups in total. The minimum atomic E-state index is 0.650. The van der Waals surface area contributed by atoms with Crippen molar-refractivity contribution >= 4 is 0 Å². The van der Waals surface area contributed by atoms with Crippen molar-refractivity contribution in [3.63, 3.8) is 0 Å². The molecule has 2 aromatic rings. The minimum Gasteiger partial charge on any atom is -0.312 e. The van der Waals surface area contributed by atoms with E-state index in [0.29, 0.717) is 5.92 Å². The summed E-state index contributed by atoms with van der Waals surface area (Å²) in [6, 6.07) is 4.01. The van der Waals surface area contributed by atoms with Crippen LogP contribution in [0.25, 0.3) is 0 Å². The lowest BCUT2D eigenvalue weighted by molar-refractivity contribution is 0.548. The van der Waals surface area contributed by atoms with E-state index in [1.165, 1.54) is 11.1 Å². The lowest BCUT2D eigenvalue weighted by Gasteiger charge is -2.13. The number of aryl methyl sites for hydroxylation is 2. The Balaban J connectivity index is 2.09. The molecule has 0 aliphatic carbocycles. The summed E-state index contributed by atoms with van der Waals surface area (Å²) in [7, 11) is 0. The quantitative estimate of drug-likeness (QED) is 0.886. The molecule has 0 atom stereocenters. The van der Waals surface area contributed by atoms with E-state index in [2.05, 4.69) is 48.0 Å². The van der Waals surface area contributed by atoms with Gasteiger partial charge in [0.1, 0.15) is 5.82 Å². The summed E-state index contributed by atoms with van der Waals surface area (Å²) in [4.78, 5) is 13.3. The van der Waals surface area contributed by atoms with Gasteiger partial charge in [-0.1, -0.05) is 13.8 Å². The zero-order valence-electron chi connectivity index (χ0n) is 13.3. The summed E-state index contributed by atoms with van der Waals surface area (Å²) < 4.78 is 0. The summed E-state index contributed by atoms with van der Waals surface area (Å²) >= 11 is 0. The minimum absolute atomic E-state index is 0.650. The first-order chi connectivity index (χ1) is 10.1. The van der Waals surface area contributed by atoms with E-state index in [1.807, 2.05) is 12.1 Å². The van der Waals surface area contributed by atoms with Crippen molar-refractivity contribution in [1.82, 2.24) is 20.3 Å². The maximum absolute atomic E-state index is 4.66. The second-order valence-electron chi connectivity index (χ2n) is 5.85. The van der Waals surface area contributed by atoms with Gasteiger partial charge >= 0.3 is 0 Å². The van der Waals surface area contributed by atoms with E-state index in [9.17, 15) is 0 Å². The maximum atomic E-state index is 4.66. The molecule has 2 rings (SSSR count). The smallest absolute Gasteiger partial charge is 0.133 e. The van der Waals surface area contributed by atoms with Gasteiger partial charge < -0.3 is 5.32 Å². The second kappa shape index (κ2) is 7.27. The molecule has 4 heteroatoms. The summed E-state index contributed by atoms with van der Waals surface area (Å²) in [5, 5.41) is 3.46. The van der Waals surface area contributed by atoms with E-state index in [0.717, 1.165) is 36.7 Å². The maximum Gasteiger partial charge on any atom is 0.133 e. The van der Waals surface area contributed by atoms with Crippen LogP contribution in [0.5, 0.6) is 0 Å². The third-order valence-corrected chi connectivity index (χ3v) is 3.43. The molecular weight excluding hydrogens is 260 g/mol. The lowest BCUT2D eigenvalue weighted by atomic mass is 10.1. The van der Waals surface area contributed by atoms with Crippen LogP contribution in [0.4, 0.5) is 0 Å². The monoisotopic (exact) mass is 284 g/mol. The van der Waals surface area contributed by atoms with Crippen LogP contribution in [0.2, 0.25) is 0 Å². The molecule has 0 aromatic carbocycles. The third kappa shape index (κ3) is 4.60. The van der Waals surface area contributed by atoms with E-state index in [1.54, 1.807) is 12.4 Å². The van der Waals surface area contributed by atoms with Crippen LogP contribution < -0.4 is 5.32 Å². The highest BCUT2D eigenvalue weighted by Gasteiger charge is 2.09. The first-order valence-electron chi connectivity index (χ1n) is 7.49. The highest BCUT2D eigenvalue weighted by molar-refractivity contribution is 5.26. The zero-order valence-corrected chi connectivity index (χ0v) is 13.3. The van der Waals surface area contributed by atoms with Crippen LogP contribution in [0.1, 0.15) is 42.2 Å². The topological polar surface area (TPSA) is 50.7 Å². The Bertz CT molecular complexity index is 556. The van der Waals surface area contributed by atoms with Gasteiger partial charge in [0.25, 0.3) is 0 Å². The van der Waals surface area contributed by atoms with Crippen LogP contribution in [-0.4, -0.2) is 21.5 Å². The van der Waals surface area contributed by atoms with E-state index in [4.69, 9.17) is 0 Å². The van der Waals surface area contributed by atoms with E-state index in [-0.39, 0.29) is 0 Å². The summed E-state index contributed by atoms with van der Waals surface area (Å²) in [5.74, 6) is 1.53. The molecular formula is C17H24N4. The van der Waals surface area contributed by atoms with Gasteiger partial charge in [-0.05, 0) is 44.0 Å². The summed E-state index contributed by atoms with van der Waals surface area (Å²) in [5.41, 5.74) is 4.55. The number of hydrogen-bond donors (Lipinski definition) is 1. The van der Waals surface area contributed by atoms with Gasteiger partial charge in [-0.2, -0.15) is 0 Å². The van der Waals surface area contributed by atoms with Gasteiger partial charge in [-0.15, -0.1) is 0 Å². The molecule has 21 heavy (non-hydrogen) atoms. The number of nitrogens with one attached hydrogen (secondary N) is 1. The van der Waals surface area contributed by atoms with Gasteiger partial charge in [0, 0.05) is 42.3 Å². The van der Waals surface area contributed by atoms with Crippen LogP contribution >= 0.6 is 0 Å². The van der Waals surface area contributed by atoms with Gasteiger partial charge in [-0.25, -0.2) is 9.97 Å². The van der Waals surface area contributed by atoms with Crippen molar-refractivity contribution in [1.29, 1.82) is 0 Å². The van der Waals surface area contributed by atoms with Gasteiger partial charge in [0.15, 0.2) is 0 Å². The first kappa shape index (κ1) is 15.6. The number of aromatic nitrogens is 3. The molecule has 2 heterocycles. The standard InChI is InChI=1S/C17H24N4/c1-12(2)10-19-11-16-13(3)20-17(21-14(16)4)9-15-5-7-18-8-6-15/h5-8,12,19H,9-11H2,1-4H3. The molecule has 2 aromatic heterocycles. The fourth-order valence-electron chi connectivity index (χ4n) is 2.31.